The molecular formula is C19H22N2O2. The van der Waals surface area contributed by atoms with Crippen molar-refractivity contribution in [3.8, 4) is 0 Å². The van der Waals surface area contributed by atoms with Crippen LogP contribution in [0.4, 0.5) is 0 Å². The van der Waals surface area contributed by atoms with Crippen LogP contribution < -0.4 is 10.9 Å². The molecule has 3 rings (SSSR count). The molecule has 2 aromatic rings. The molecule has 120 valence electrons. The topological polar surface area (TPSA) is 51.1 Å². The van der Waals surface area contributed by atoms with E-state index in [9.17, 15) is 9.59 Å². The average molecular weight is 310 g/mol. The van der Waals surface area contributed by atoms with Crippen LogP contribution in [-0.2, 0) is 7.05 Å². The van der Waals surface area contributed by atoms with Gasteiger partial charge in [0.15, 0.2) is 0 Å². The number of nitrogens with one attached hydrogen (secondary N) is 1. The van der Waals surface area contributed by atoms with Crippen LogP contribution in [0.5, 0.6) is 0 Å². The average Bonchev–Trinajstić information content (AvgIpc) is 3.10. The highest BCUT2D eigenvalue weighted by Gasteiger charge is 2.28. The van der Waals surface area contributed by atoms with E-state index in [4.69, 9.17) is 0 Å². The Morgan fingerprint density at radius 2 is 1.87 bits per heavy atom. The van der Waals surface area contributed by atoms with Crippen LogP contribution in [0.2, 0.25) is 0 Å². The molecule has 4 nitrogen and oxygen atoms in total. The Morgan fingerprint density at radius 3 is 2.52 bits per heavy atom. The molecule has 23 heavy (non-hydrogen) atoms. The van der Waals surface area contributed by atoms with Crippen molar-refractivity contribution in [3.05, 3.63) is 70.1 Å². The van der Waals surface area contributed by atoms with Crippen molar-refractivity contribution in [1.82, 2.24) is 9.88 Å². The first-order chi connectivity index (χ1) is 11.1. The Morgan fingerprint density at radius 1 is 1.17 bits per heavy atom. The Bertz CT molecular complexity index is 731. The summed E-state index contributed by atoms with van der Waals surface area (Å²) in [5.41, 5.74) is 1.39. The highest BCUT2D eigenvalue weighted by Crippen LogP contribution is 2.35. The zero-order valence-corrected chi connectivity index (χ0v) is 13.4. The van der Waals surface area contributed by atoms with E-state index in [2.05, 4.69) is 17.4 Å². The molecule has 1 N–H and O–H groups in total. The first kappa shape index (κ1) is 15.5. The van der Waals surface area contributed by atoms with Gasteiger partial charge in [-0.3, -0.25) is 9.59 Å². The van der Waals surface area contributed by atoms with E-state index in [1.54, 1.807) is 19.3 Å². The fourth-order valence-corrected chi connectivity index (χ4v) is 3.34. The molecule has 1 aromatic heterocycles. The lowest BCUT2D eigenvalue weighted by Crippen LogP contribution is -2.33. The van der Waals surface area contributed by atoms with Crippen LogP contribution >= 0.6 is 0 Å². The summed E-state index contributed by atoms with van der Waals surface area (Å²) in [5.74, 6) is 0.288. The maximum atomic E-state index is 12.6. The normalized spacial score (nSPS) is 16.2. The number of rotatable bonds is 4. The van der Waals surface area contributed by atoms with Crippen LogP contribution in [0.1, 0.15) is 47.6 Å². The maximum Gasteiger partial charge on any atom is 0.252 e. The quantitative estimate of drug-likeness (QED) is 0.943. The van der Waals surface area contributed by atoms with Gasteiger partial charge < -0.3 is 9.88 Å². The van der Waals surface area contributed by atoms with E-state index >= 15 is 0 Å². The smallest absolute Gasteiger partial charge is 0.252 e. The van der Waals surface area contributed by atoms with Crippen molar-refractivity contribution >= 4 is 5.91 Å². The van der Waals surface area contributed by atoms with Crippen LogP contribution in [0.15, 0.2) is 53.5 Å². The number of benzene rings is 1. The third kappa shape index (κ3) is 3.52. The summed E-state index contributed by atoms with van der Waals surface area (Å²) in [5, 5.41) is 3.15. The summed E-state index contributed by atoms with van der Waals surface area (Å²) < 4.78 is 1.46. The Labute approximate surface area is 136 Å². The molecule has 0 radical (unpaired) electrons. The molecule has 1 aromatic carbocycles. The van der Waals surface area contributed by atoms with Gasteiger partial charge in [0.05, 0.1) is 6.04 Å². The van der Waals surface area contributed by atoms with Crippen molar-refractivity contribution < 1.29 is 4.79 Å². The Balaban J connectivity index is 1.84. The molecule has 1 aliphatic rings. The number of hydrogen-bond acceptors (Lipinski definition) is 2. The highest BCUT2D eigenvalue weighted by molar-refractivity contribution is 5.94. The number of carbonyl (C=O) groups excluding carboxylic acids is 1. The van der Waals surface area contributed by atoms with Gasteiger partial charge in [0.1, 0.15) is 0 Å². The summed E-state index contributed by atoms with van der Waals surface area (Å²) in [7, 11) is 1.68. The first-order valence-corrected chi connectivity index (χ1v) is 8.17. The summed E-state index contributed by atoms with van der Waals surface area (Å²) in [6.07, 6.45) is 6.34. The molecule has 1 atom stereocenters. The monoisotopic (exact) mass is 310 g/mol. The summed E-state index contributed by atoms with van der Waals surface area (Å²) in [4.78, 5) is 24.3. The standard InChI is InChI=1S/C19H22N2O2/c1-21-12-11-16(13-17(21)22)19(23)20-18(15-9-5-6-10-15)14-7-3-2-4-8-14/h2-4,7-8,11-13,15,18H,5-6,9-10H2,1H3,(H,20,23)/t18-/m0/s1. The second-order valence-electron chi connectivity index (χ2n) is 6.27. The van der Waals surface area contributed by atoms with Gasteiger partial charge in [0, 0.05) is 24.9 Å². The van der Waals surface area contributed by atoms with E-state index in [0.29, 0.717) is 11.5 Å². The number of aryl methyl sites for hydroxylation is 1. The molecule has 0 unspecified atom stereocenters. The van der Waals surface area contributed by atoms with Gasteiger partial charge in [-0.05, 0) is 30.4 Å². The van der Waals surface area contributed by atoms with Crippen molar-refractivity contribution in [2.75, 3.05) is 0 Å². The molecule has 0 aliphatic heterocycles. The molecule has 1 fully saturated rings. The molecular weight excluding hydrogens is 288 g/mol. The maximum absolute atomic E-state index is 12.6. The van der Waals surface area contributed by atoms with Crippen LogP contribution in [0, 0.1) is 5.92 Å². The van der Waals surface area contributed by atoms with Crippen molar-refractivity contribution in [2.24, 2.45) is 13.0 Å². The van der Waals surface area contributed by atoms with Crippen LogP contribution in [0.25, 0.3) is 0 Å². The fraction of sp³-hybridized carbons (Fsp3) is 0.368. The lowest BCUT2D eigenvalue weighted by molar-refractivity contribution is 0.0921. The SMILES string of the molecule is Cn1ccc(C(=O)N[C@@H](c2ccccc2)C2CCCC2)cc1=O. The summed E-state index contributed by atoms with van der Waals surface area (Å²) >= 11 is 0. The van der Waals surface area contributed by atoms with Gasteiger partial charge in [-0.15, -0.1) is 0 Å². The van der Waals surface area contributed by atoms with E-state index < -0.39 is 0 Å². The Hall–Kier alpha value is -2.36. The number of nitrogens with zero attached hydrogens (tertiary/aromatic N) is 1. The largest absolute Gasteiger partial charge is 0.345 e. The number of amides is 1. The van der Waals surface area contributed by atoms with Crippen molar-refractivity contribution in [2.45, 2.75) is 31.7 Å². The van der Waals surface area contributed by atoms with Gasteiger partial charge in [-0.2, -0.15) is 0 Å². The second-order valence-corrected chi connectivity index (χ2v) is 6.27. The highest BCUT2D eigenvalue weighted by atomic mass is 16.2. The van der Waals surface area contributed by atoms with Crippen molar-refractivity contribution in [3.63, 3.8) is 0 Å². The lowest BCUT2D eigenvalue weighted by atomic mass is 9.91. The summed E-state index contributed by atoms with van der Waals surface area (Å²) in [6, 6.07) is 13.2. The predicted molar refractivity (Wildman–Crippen MR) is 90.3 cm³/mol. The summed E-state index contributed by atoms with van der Waals surface area (Å²) in [6.45, 7) is 0. The van der Waals surface area contributed by atoms with Gasteiger partial charge in [0.2, 0.25) is 0 Å². The number of aromatic nitrogens is 1. The molecule has 0 saturated heterocycles. The van der Waals surface area contributed by atoms with E-state index in [1.165, 1.54) is 23.5 Å². The second kappa shape index (κ2) is 6.82. The van der Waals surface area contributed by atoms with Crippen LogP contribution in [-0.4, -0.2) is 10.5 Å². The van der Waals surface area contributed by atoms with Gasteiger partial charge in [-0.1, -0.05) is 43.2 Å². The molecule has 0 spiro atoms. The minimum Gasteiger partial charge on any atom is -0.345 e. The number of pyridine rings is 1. The fourth-order valence-electron chi connectivity index (χ4n) is 3.34. The third-order valence-corrected chi connectivity index (χ3v) is 4.68. The van der Waals surface area contributed by atoms with Gasteiger partial charge in [-0.25, -0.2) is 0 Å². The minimum atomic E-state index is -0.177. The molecule has 4 heteroatoms. The van der Waals surface area contributed by atoms with Crippen LogP contribution in [0.3, 0.4) is 0 Å². The number of hydrogen-bond donors (Lipinski definition) is 1. The van der Waals surface area contributed by atoms with E-state index in [1.807, 2.05) is 18.2 Å². The zero-order chi connectivity index (χ0) is 16.2. The first-order valence-electron chi connectivity index (χ1n) is 8.17. The molecule has 1 aliphatic carbocycles. The Kier molecular flexibility index (Phi) is 4.60. The molecule has 1 saturated carbocycles. The van der Waals surface area contributed by atoms with Crippen molar-refractivity contribution in [1.29, 1.82) is 0 Å². The molecule has 1 amide bonds. The molecule has 0 bridgehead atoms. The van der Waals surface area contributed by atoms with Gasteiger partial charge >= 0.3 is 0 Å². The molecule has 1 heterocycles. The number of carbonyl (C=O) groups is 1. The van der Waals surface area contributed by atoms with Gasteiger partial charge in [0.25, 0.3) is 11.5 Å². The third-order valence-electron chi connectivity index (χ3n) is 4.68. The predicted octanol–water partition coefficient (Wildman–Crippen LogP) is 3.05. The van der Waals surface area contributed by atoms with E-state index in [0.717, 1.165) is 18.4 Å². The zero-order valence-electron chi connectivity index (χ0n) is 13.4. The lowest BCUT2D eigenvalue weighted by Gasteiger charge is -2.25. The minimum absolute atomic E-state index is 0.00950. The van der Waals surface area contributed by atoms with E-state index in [-0.39, 0.29) is 17.5 Å².